The van der Waals surface area contributed by atoms with Crippen LogP contribution in [0.3, 0.4) is 0 Å². The third-order valence-electron chi connectivity index (χ3n) is 2.60. The molecule has 0 bridgehead atoms. The quantitative estimate of drug-likeness (QED) is 0.755. The van der Waals surface area contributed by atoms with E-state index in [1.54, 1.807) is 0 Å². The maximum atomic E-state index is 5.64. The van der Waals surface area contributed by atoms with Gasteiger partial charge < -0.3 is 4.74 Å². The van der Waals surface area contributed by atoms with Crippen LogP contribution in [0.2, 0.25) is 0 Å². The van der Waals surface area contributed by atoms with Gasteiger partial charge in [-0.05, 0) is 40.1 Å². The zero-order valence-electron chi connectivity index (χ0n) is 9.32. The van der Waals surface area contributed by atoms with Gasteiger partial charge in [-0.25, -0.2) is 0 Å². The first-order valence-electron chi connectivity index (χ1n) is 5.51. The molecule has 0 heterocycles. The summed E-state index contributed by atoms with van der Waals surface area (Å²) < 4.78 is 5.33. The van der Waals surface area contributed by atoms with Gasteiger partial charge in [-0.15, -0.1) is 0 Å². The Balaban J connectivity index is 2.14. The molecule has 1 aliphatic rings. The molecule has 0 saturated heterocycles. The van der Waals surface area contributed by atoms with Crippen LogP contribution in [0.25, 0.3) is 5.57 Å². The molecular weight excluding hydrogens is 264 g/mol. The molecule has 16 heavy (non-hydrogen) atoms. The molecule has 2 rings (SSSR count). The van der Waals surface area contributed by atoms with E-state index >= 15 is 0 Å². The van der Waals surface area contributed by atoms with Crippen molar-refractivity contribution in [2.24, 2.45) is 0 Å². The van der Waals surface area contributed by atoms with Gasteiger partial charge in [0.15, 0.2) is 0 Å². The number of hydrogen-bond donors (Lipinski definition) is 0. The fourth-order valence-corrected chi connectivity index (χ4v) is 2.31. The van der Waals surface area contributed by atoms with Crippen LogP contribution in [-0.2, 0) is 4.74 Å². The summed E-state index contributed by atoms with van der Waals surface area (Å²) >= 11 is 3.60. The summed E-state index contributed by atoms with van der Waals surface area (Å²) in [5.41, 5.74) is 2.51. The Hall–Kier alpha value is -0.860. The lowest BCUT2D eigenvalue weighted by Crippen LogP contribution is -2.23. The van der Waals surface area contributed by atoms with Gasteiger partial charge in [0.1, 0.15) is 4.51 Å². The number of ether oxygens (including phenoxy) is 1. The highest BCUT2D eigenvalue weighted by atomic mass is 79.9. The summed E-state index contributed by atoms with van der Waals surface area (Å²) in [6, 6.07) is 10.4. The first-order chi connectivity index (χ1) is 7.73. The standard InChI is InChI=1S/C14H15BrO/c1-2-16-14(15)10-8-13(9-11-14)12-6-4-3-5-7-12/h3-10H,2,11H2,1H3. The van der Waals surface area contributed by atoms with Crippen molar-refractivity contribution in [2.75, 3.05) is 6.61 Å². The molecule has 0 aliphatic heterocycles. The minimum Gasteiger partial charge on any atom is -0.360 e. The Morgan fingerprint density at radius 3 is 2.62 bits per heavy atom. The molecule has 2 heteroatoms. The predicted molar refractivity (Wildman–Crippen MR) is 71.5 cm³/mol. The van der Waals surface area contributed by atoms with E-state index < -0.39 is 0 Å². The van der Waals surface area contributed by atoms with E-state index in [1.807, 2.05) is 13.0 Å². The third kappa shape index (κ3) is 2.63. The van der Waals surface area contributed by atoms with Crippen LogP contribution in [0.1, 0.15) is 18.9 Å². The number of allylic oxidation sites excluding steroid dienone is 2. The third-order valence-corrected chi connectivity index (χ3v) is 3.42. The second kappa shape index (κ2) is 4.98. The molecule has 0 N–H and O–H groups in total. The normalized spacial score (nSPS) is 24.2. The van der Waals surface area contributed by atoms with Crippen LogP contribution in [0.5, 0.6) is 0 Å². The average Bonchev–Trinajstić information content (AvgIpc) is 2.31. The molecule has 0 spiro atoms. The molecular formula is C14H15BrO. The first-order valence-corrected chi connectivity index (χ1v) is 6.30. The molecule has 84 valence electrons. The molecule has 1 aromatic rings. The van der Waals surface area contributed by atoms with Crippen LogP contribution in [0.4, 0.5) is 0 Å². The Morgan fingerprint density at radius 2 is 2.06 bits per heavy atom. The molecule has 0 saturated carbocycles. The summed E-state index contributed by atoms with van der Waals surface area (Å²) in [4.78, 5) is 0. The molecule has 0 aromatic heterocycles. The van der Waals surface area contributed by atoms with E-state index in [4.69, 9.17) is 4.74 Å². The highest BCUT2D eigenvalue weighted by Gasteiger charge is 2.24. The minimum absolute atomic E-state index is 0.306. The van der Waals surface area contributed by atoms with Crippen molar-refractivity contribution in [3.63, 3.8) is 0 Å². The molecule has 1 atom stereocenters. The van der Waals surface area contributed by atoms with Gasteiger partial charge in [0, 0.05) is 13.0 Å². The van der Waals surface area contributed by atoms with E-state index in [0.29, 0.717) is 6.61 Å². The molecule has 1 aliphatic carbocycles. The van der Waals surface area contributed by atoms with Crippen molar-refractivity contribution in [3.05, 3.63) is 54.1 Å². The molecule has 1 unspecified atom stereocenters. The van der Waals surface area contributed by atoms with Gasteiger partial charge in [0.2, 0.25) is 0 Å². The van der Waals surface area contributed by atoms with Crippen molar-refractivity contribution >= 4 is 21.5 Å². The Morgan fingerprint density at radius 1 is 1.31 bits per heavy atom. The topological polar surface area (TPSA) is 9.23 Å². The second-order valence-electron chi connectivity index (χ2n) is 3.78. The first kappa shape index (κ1) is 11.6. The Labute approximate surface area is 105 Å². The lowest BCUT2D eigenvalue weighted by molar-refractivity contribution is 0.0770. The summed E-state index contributed by atoms with van der Waals surface area (Å²) in [5, 5.41) is 0. The van der Waals surface area contributed by atoms with Gasteiger partial charge in [-0.1, -0.05) is 42.5 Å². The van der Waals surface area contributed by atoms with Gasteiger partial charge >= 0.3 is 0 Å². The molecule has 1 aromatic carbocycles. The van der Waals surface area contributed by atoms with Gasteiger partial charge in [-0.3, -0.25) is 0 Å². The highest BCUT2D eigenvalue weighted by Crippen LogP contribution is 2.33. The molecule has 0 radical (unpaired) electrons. The zero-order valence-corrected chi connectivity index (χ0v) is 10.9. The summed E-state index contributed by atoms with van der Waals surface area (Å²) in [7, 11) is 0. The fourth-order valence-electron chi connectivity index (χ4n) is 1.79. The fraction of sp³-hybridized carbons (Fsp3) is 0.286. The summed E-state index contributed by atoms with van der Waals surface area (Å²) in [6.45, 7) is 2.72. The van der Waals surface area contributed by atoms with Crippen molar-refractivity contribution in [3.8, 4) is 0 Å². The lowest BCUT2D eigenvalue weighted by Gasteiger charge is -2.25. The van der Waals surface area contributed by atoms with Crippen LogP contribution in [0, 0.1) is 0 Å². The van der Waals surface area contributed by atoms with E-state index in [2.05, 4.69) is 58.4 Å². The van der Waals surface area contributed by atoms with Gasteiger partial charge in [0.05, 0.1) is 0 Å². The largest absolute Gasteiger partial charge is 0.360 e. The maximum absolute atomic E-state index is 5.64. The van der Waals surface area contributed by atoms with Gasteiger partial charge in [0.25, 0.3) is 0 Å². The molecule has 1 nitrogen and oxygen atoms in total. The number of alkyl halides is 1. The number of benzene rings is 1. The van der Waals surface area contributed by atoms with Crippen molar-refractivity contribution in [2.45, 2.75) is 17.9 Å². The SMILES string of the molecule is CCOC1(Br)C=CC(c2ccccc2)=CC1. The van der Waals surface area contributed by atoms with Crippen molar-refractivity contribution in [1.82, 2.24) is 0 Å². The van der Waals surface area contributed by atoms with Crippen LogP contribution in [-0.4, -0.2) is 11.1 Å². The average molecular weight is 279 g/mol. The highest BCUT2D eigenvalue weighted by molar-refractivity contribution is 9.10. The second-order valence-corrected chi connectivity index (χ2v) is 5.12. The van der Waals surface area contributed by atoms with E-state index in [0.717, 1.165) is 6.42 Å². The number of hydrogen-bond acceptors (Lipinski definition) is 1. The van der Waals surface area contributed by atoms with Crippen molar-refractivity contribution in [1.29, 1.82) is 0 Å². The van der Waals surface area contributed by atoms with E-state index in [9.17, 15) is 0 Å². The van der Waals surface area contributed by atoms with Crippen LogP contribution < -0.4 is 0 Å². The predicted octanol–water partition coefficient (Wildman–Crippen LogP) is 4.16. The smallest absolute Gasteiger partial charge is 0.145 e. The Kier molecular flexibility index (Phi) is 3.62. The number of halogens is 1. The Bertz CT molecular complexity index is 408. The maximum Gasteiger partial charge on any atom is 0.145 e. The van der Waals surface area contributed by atoms with E-state index in [1.165, 1.54) is 11.1 Å². The van der Waals surface area contributed by atoms with E-state index in [-0.39, 0.29) is 4.51 Å². The summed E-state index contributed by atoms with van der Waals surface area (Å²) in [6.07, 6.45) is 7.27. The molecule has 0 amide bonds. The minimum atomic E-state index is -0.306. The van der Waals surface area contributed by atoms with Crippen molar-refractivity contribution < 1.29 is 4.74 Å². The number of rotatable bonds is 3. The van der Waals surface area contributed by atoms with Crippen LogP contribution >= 0.6 is 15.9 Å². The summed E-state index contributed by atoms with van der Waals surface area (Å²) in [5.74, 6) is 0. The van der Waals surface area contributed by atoms with Crippen LogP contribution in [0.15, 0.2) is 48.6 Å². The zero-order chi connectivity index (χ0) is 11.4. The monoisotopic (exact) mass is 278 g/mol. The molecule has 0 fully saturated rings. The van der Waals surface area contributed by atoms with Gasteiger partial charge in [-0.2, -0.15) is 0 Å². The lowest BCUT2D eigenvalue weighted by atomic mass is 9.98.